The van der Waals surface area contributed by atoms with E-state index in [0.29, 0.717) is 43.5 Å². The highest BCUT2D eigenvalue weighted by Crippen LogP contribution is 2.56. The summed E-state index contributed by atoms with van der Waals surface area (Å²) < 4.78 is 88.5. The number of halogens is 1. The van der Waals surface area contributed by atoms with Gasteiger partial charge in [0.25, 0.3) is 11.5 Å². The van der Waals surface area contributed by atoms with Gasteiger partial charge in [-0.1, -0.05) is 79.4 Å². The van der Waals surface area contributed by atoms with E-state index in [1.807, 2.05) is 39.9 Å². The van der Waals surface area contributed by atoms with E-state index in [1.165, 1.54) is 64.6 Å². The number of carbonyl (C=O) groups is 4. The molecule has 6 aliphatic rings. The number of amides is 4. The monoisotopic (exact) mass is 1440 g/mol. The van der Waals surface area contributed by atoms with Crippen molar-refractivity contribution >= 4 is 90.1 Å². The molecule has 96 heavy (non-hydrogen) atoms. The van der Waals surface area contributed by atoms with Crippen molar-refractivity contribution in [2.24, 2.45) is 10.2 Å². The third-order valence-electron chi connectivity index (χ3n) is 17.8. The summed E-state index contributed by atoms with van der Waals surface area (Å²) in [6, 6.07) is 9.04. The normalized spacial score (nSPS) is 24.3. The number of ether oxygens (including phenoxy) is 4. The first-order valence-corrected chi connectivity index (χ1v) is 42.8. The number of aliphatic hydroxyl groups excluding tert-OH is 1. The van der Waals surface area contributed by atoms with Crippen LogP contribution in [0.3, 0.4) is 0 Å². The number of rotatable bonds is 29. The van der Waals surface area contributed by atoms with Crippen molar-refractivity contribution in [1.82, 2.24) is 49.6 Å². The number of fused-ring (bicyclic) bond motifs is 1. The molecule has 3 saturated heterocycles. The molecule has 2 aromatic heterocycles. The van der Waals surface area contributed by atoms with E-state index >= 15 is 4.39 Å². The highest BCUT2D eigenvalue weighted by atomic mass is 32.5. The molecule has 530 valence electrons. The van der Waals surface area contributed by atoms with Crippen molar-refractivity contribution in [3.63, 3.8) is 0 Å². The number of imidazole rings is 1. The van der Waals surface area contributed by atoms with Crippen LogP contribution in [0.2, 0.25) is 43.8 Å². The lowest BCUT2D eigenvalue weighted by molar-refractivity contribution is -0.130. The molecule has 0 saturated carbocycles. The number of nitrogens with zero attached hydrogens (tertiary/aromatic N) is 10. The third kappa shape index (κ3) is 19.3. The van der Waals surface area contributed by atoms with E-state index in [1.54, 1.807) is 35.4 Å². The lowest BCUT2D eigenvalue weighted by atomic mass is 10.0. The number of carbonyl (C=O) groups excluding carboxylic acids is 4. The van der Waals surface area contributed by atoms with E-state index in [4.69, 9.17) is 58.4 Å². The summed E-state index contributed by atoms with van der Waals surface area (Å²) in [6.07, 6.45) is -4.43. The topological polar surface area (TPSA) is 323 Å². The van der Waals surface area contributed by atoms with Gasteiger partial charge in [0.05, 0.1) is 64.7 Å². The van der Waals surface area contributed by atoms with Crippen LogP contribution < -0.4 is 16.2 Å². The second-order valence-electron chi connectivity index (χ2n) is 26.6. The van der Waals surface area contributed by atoms with Crippen molar-refractivity contribution in [2.75, 3.05) is 79.0 Å². The molecule has 35 heteroatoms. The molecule has 0 bridgehead atoms. The number of aromatic nitrogens is 4. The van der Waals surface area contributed by atoms with Crippen LogP contribution in [-0.4, -0.2) is 229 Å². The molecule has 7 heterocycles. The van der Waals surface area contributed by atoms with E-state index in [0.717, 1.165) is 22.8 Å². The van der Waals surface area contributed by atoms with Gasteiger partial charge in [0.15, 0.2) is 44.2 Å². The number of allylic oxidation sites excluding steroid dienone is 2. The van der Waals surface area contributed by atoms with Crippen LogP contribution in [0.5, 0.6) is 0 Å². The molecule has 1 aromatic carbocycles. The van der Waals surface area contributed by atoms with Crippen LogP contribution in [-0.2, 0) is 74.0 Å². The van der Waals surface area contributed by atoms with Gasteiger partial charge in [0.2, 0.25) is 11.8 Å². The molecular formula is C61H94FN12O17P2SSi2+. The lowest BCUT2D eigenvalue weighted by Gasteiger charge is -2.41. The molecule has 5 aliphatic heterocycles. The van der Waals surface area contributed by atoms with Crippen LogP contribution in [0, 0.1) is 0 Å². The Labute approximate surface area is 567 Å². The Hall–Kier alpha value is -5.46. The zero-order valence-electron chi connectivity index (χ0n) is 56.8. The minimum absolute atomic E-state index is 0.00259. The summed E-state index contributed by atoms with van der Waals surface area (Å²) in [7, 11) is -7.66. The van der Waals surface area contributed by atoms with Gasteiger partial charge >= 0.3 is 21.1 Å². The van der Waals surface area contributed by atoms with Gasteiger partial charge in [0, 0.05) is 43.4 Å². The van der Waals surface area contributed by atoms with Crippen molar-refractivity contribution in [3.8, 4) is 0 Å². The van der Waals surface area contributed by atoms with Crippen LogP contribution in [0.1, 0.15) is 90.7 Å². The van der Waals surface area contributed by atoms with Gasteiger partial charge in [-0.3, -0.25) is 32.8 Å². The Kier molecular flexibility index (Phi) is 26.7. The SMILES string of the molecule is CC(=O)N1CCC[C@@H]1CO[P@@](=S)(OC[C@H]1O[C@@H](N2C=C3CCC4=C3C(=N2)C=NN(C(=O)c2ccccc2)C4)[C@H](F)[C@@H]1O[P+](=O)O)O[C@@H]1[C@H](O[Si](C)(C)C(C)(C)C)[C@@H](CO)O[C@H]1n1cnc2c(=O)n(CCOCNC(=O)CNC(=O)OCC[Si](C)(C)C)cnc21.CCN(CC)CC. The number of likely N-dealkylation sites (tertiary alicyclic amines) is 1. The Bertz CT molecular complexity index is 3480. The standard InChI is InChI=1S/C55H78FN11O17P2SSi2.C6H15N/c1-34(69)64-19-13-16-38(64)29-78-86(87,79-30-41-46(82-85(74)75)44(56)52(81-41)67-27-37-18-17-36-26-66(61-24-39(62-67)43(36)37)50(71)35-14-11-10-12-15-35)83-48-47(84-89(8,9)55(2,3)4)40(28-68)80-53(48)65-32-58-45-49(65)59-31-63(51(45)72)20-21-76-33-60-42(70)25-57-54(73)77-22-23-88(5,6)7;1-4-7(5-2)6-3/h10-12,14-15,24,27,31-32,38,40-41,44,46-48,52-53,68H,13,16-23,25-26,28-30,33H2,1-9H3,(H2-,57,60,70,73,74,75);4-6H2,1-3H3/p+1/t38-,40-,41-,44-,46-,47-,48-,52-,53-,86-;/m1./s1. The number of nitrogens with one attached hydrogen (secondary N) is 2. The number of hydrogen-bond donors (Lipinski definition) is 4. The summed E-state index contributed by atoms with van der Waals surface area (Å²) in [5.41, 5.74) is 2.68. The molecule has 9 rings (SSSR count). The number of hydrazone groups is 2. The third-order valence-corrected chi connectivity index (χ3v) is 26.8. The van der Waals surface area contributed by atoms with E-state index in [9.17, 15) is 38.5 Å². The highest BCUT2D eigenvalue weighted by Gasteiger charge is 2.56. The summed E-state index contributed by atoms with van der Waals surface area (Å²) >= 11 is 6.32. The quantitative estimate of drug-likeness (QED) is 0.0237. The Morgan fingerprint density at radius 2 is 1.64 bits per heavy atom. The molecule has 4 N–H and O–H groups in total. The second-order valence-corrected chi connectivity index (χ2v) is 40.7. The van der Waals surface area contributed by atoms with E-state index in [2.05, 4.69) is 71.0 Å². The Morgan fingerprint density at radius 3 is 2.29 bits per heavy atom. The molecule has 0 spiro atoms. The molecule has 1 aliphatic carbocycles. The van der Waals surface area contributed by atoms with Crippen LogP contribution in [0.15, 0.2) is 80.9 Å². The largest absolute Gasteiger partial charge is 0.695 e. The summed E-state index contributed by atoms with van der Waals surface area (Å²) in [4.78, 5) is 88.1. The number of alkyl halides is 1. The molecule has 1 unspecified atom stereocenters. The number of hydrogen-bond acceptors (Lipinski definition) is 23. The molecule has 4 amide bonds. The van der Waals surface area contributed by atoms with Crippen molar-refractivity contribution in [1.29, 1.82) is 0 Å². The Balaban J connectivity index is 0.00000159. The zero-order chi connectivity index (χ0) is 69.9. The van der Waals surface area contributed by atoms with Crippen molar-refractivity contribution < 1.29 is 79.6 Å². The Morgan fingerprint density at radius 1 is 0.927 bits per heavy atom. The summed E-state index contributed by atoms with van der Waals surface area (Å²) in [5, 5.41) is 27.4. The molecular weight excluding hydrogens is 1340 g/mol. The zero-order valence-corrected chi connectivity index (χ0v) is 61.4. The first-order valence-electron chi connectivity index (χ1n) is 32.5. The maximum absolute atomic E-state index is 17.1. The van der Waals surface area contributed by atoms with Gasteiger partial charge < -0.3 is 58.0 Å². The highest BCUT2D eigenvalue weighted by molar-refractivity contribution is 8.07. The average molecular weight is 1440 g/mol. The molecule has 3 aromatic rings. The molecule has 0 radical (unpaired) electrons. The summed E-state index contributed by atoms with van der Waals surface area (Å²) in [5.74, 6) is -1.03. The number of alkyl carbamates (subject to hydrolysis) is 1. The van der Waals surface area contributed by atoms with E-state index in [-0.39, 0.29) is 69.2 Å². The number of aliphatic hydroxyl groups is 1. The van der Waals surface area contributed by atoms with Gasteiger partial charge in [-0.05, 0) is 105 Å². The predicted molar refractivity (Wildman–Crippen MR) is 364 cm³/mol. The van der Waals surface area contributed by atoms with Crippen molar-refractivity contribution in [2.45, 2.75) is 180 Å². The van der Waals surface area contributed by atoms with Crippen molar-refractivity contribution in [3.05, 3.63) is 81.8 Å². The lowest BCUT2D eigenvalue weighted by Crippen LogP contribution is -2.50. The minimum atomic E-state index is -4.29. The summed E-state index contributed by atoms with van der Waals surface area (Å²) in [6.45, 7) is 22.7. The smallest absolute Gasteiger partial charge is 0.450 e. The van der Waals surface area contributed by atoms with Crippen LogP contribution in [0.4, 0.5) is 9.18 Å². The molecule has 11 atom stereocenters. The molecule has 3 fully saturated rings. The van der Waals surface area contributed by atoms with Gasteiger partial charge in [-0.25, -0.2) is 29.2 Å². The van der Waals surface area contributed by atoms with Gasteiger partial charge in [-0.15, -0.1) is 9.42 Å². The maximum atomic E-state index is 17.1. The minimum Gasteiger partial charge on any atom is -0.450 e. The fourth-order valence-electron chi connectivity index (χ4n) is 11.4. The van der Waals surface area contributed by atoms with E-state index < -0.39 is 122 Å². The second kappa shape index (κ2) is 33.6. The van der Waals surface area contributed by atoms with Crippen LogP contribution >= 0.6 is 15.0 Å². The number of benzene rings is 1. The molecule has 29 nitrogen and oxygen atoms in total. The first kappa shape index (κ1) is 76.3. The fourth-order valence-corrected chi connectivity index (χ4v) is 15.9. The average Bonchev–Trinajstić information content (AvgIpc) is 1.60. The first-order chi connectivity index (χ1) is 45.5. The maximum Gasteiger partial charge on any atom is 0.695 e. The van der Waals surface area contributed by atoms with Gasteiger partial charge in [0.1, 0.15) is 49.7 Å². The predicted octanol–water partition coefficient (Wildman–Crippen LogP) is 6.92. The fraction of sp³-hybridized carbons (Fsp3) is 0.656. The van der Waals surface area contributed by atoms with Crippen LogP contribution in [0.25, 0.3) is 11.2 Å². The van der Waals surface area contributed by atoms with Gasteiger partial charge in [-0.2, -0.15) is 10.2 Å².